The first-order chi connectivity index (χ1) is 10.8. The summed E-state index contributed by atoms with van der Waals surface area (Å²) in [7, 11) is 0. The van der Waals surface area contributed by atoms with Crippen LogP contribution < -0.4 is 0 Å². The van der Waals surface area contributed by atoms with Crippen molar-refractivity contribution >= 4 is 16.9 Å². The molecule has 2 aromatic carbocycles. The predicted molar refractivity (Wildman–Crippen MR) is 87.8 cm³/mol. The quantitative estimate of drug-likeness (QED) is 0.666. The number of para-hydroxylation sites is 1. The minimum Gasteiger partial charge on any atom is -0.462 e. The van der Waals surface area contributed by atoms with E-state index < -0.39 is 0 Å². The van der Waals surface area contributed by atoms with Crippen molar-refractivity contribution in [3.63, 3.8) is 0 Å². The van der Waals surface area contributed by atoms with E-state index in [-0.39, 0.29) is 5.97 Å². The van der Waals surface area contributed by atoms with Crippen LogP contribution in [-0.2, 0) is 4.74 Å². The topological polar surface area (TPSA) is 39.2 Å². The molecule has 0 amide bonds. The number of hydrogen-bond donors (Lipinski definition) is 0. The smallest absolute Gasteiger partial charge is 0.338 e. The van der Waals surface area contributed by atoms with E-state index >= 15 is 0 Å². The molecule has 110 valence electrons. The first kappa shape index (κ1) is 14.3. The zero-order valence-corrected chi connectivity index (χ0v) is 12.5. The second-order valence-electron chi connectivity index (χ2n) is 5.07. The Bertz CT molecular complexity index is 797. The van der Waals surface area contributed by atoms with Crippen molar-refractivity contribution in [1.29, 1.82) is 0 Å². The van der Waals surface area contributed by atoms with E-state index in [4.69, 9.17) is 4.74 Å². The van der Waals surface area contributed by atoms with Crippen LogP contribution in [0.5, 0.6) is 0 Å². The van der Waals surface area contributed by atoms with Crippen LogP contribution >= 0.6 is 0 Å². The summed E-state index contributed by atoms with van der Waals surface area (Å²) in [4.78, 5) is 17.0. The zero-order valence-electron chi connectivity index (χ0n) is 12.5. The largest absolute Gasteiger partial charge is 0.462 e. The van der Waals surface area contributed by atoms with Crippen molar-refractivity contribution in [2.45, 2.75) is 13.3 Å². The third kappa shape index (κ3) is 2.84. The van der Waals surface area contributed by atoms with Gasteiger partial charge in [-0.1, -0.05) is 55.5 Å². The molecule has 0 aliphatic carbocycles. The zero-order chi connectivity index (χ0) is 15.4. The van der Waals surface area contributed by atoms with E-state index in [0.29, 0.717) is 12.2 Å². The molecule has 1 heterocycles. The monoisotopic (exact) mass is 291 g/mol. The summed E-state index contributed by atoms with van der Waals surface area (Å²) < 4.78 is 5.31. The van der Waals surface area contributed by atoms with E-state index in [0.717, 1.165) is 28.6 Å². The van der Waals surface area contributed by atoms with Crippen LogP contribution in [0, 0.1) is 0 Å². The molecule has 0 unspecified atom stereocenters. The van der Waals surface area contributed by atoms with Gasteiger partial charge in [-0.05, 0) is 18.6 Å². The molecule has 0 bridgehead atoms. The summed E-state index contributed by atoms with van der Waals surface area (Å²) in [6.45, 7) is 2.41. The van der Waals surface area contributed by atoms with Gasteiger partial charge in [-0.15, -0.1) is 0 Å². The second kappa shape index (κ2) is 6.39. The fourth-order valence-electron chi connectivity index (χ4n) is 2.37. The third-order valence-corrected chi connectivity index (χ3v) is 3.44. The molecule has 0 fully saturated rings. The molecule has 0 spiro atoms. The molecule has 0 N–H and O–H groups in total. The predicted octanol–water partition coefficient (Wildman–Crippen LogP) is 4.47. The highest BCUT2D eigenvalue weighted by Crippen LogP contribution is 2.25. The molecule has 3 heteroatoms. The van der Waals surface area contributed by atoms with Crippen molar-refractivity contribution in [1.82, 2.24) is 4.98 Å². The van der Waals surface area contributed by atoms with Gasteiger partial charge in [0.15, 0.2) is 0 Å². The van der Waals surface area contributed by atoms with Crippen LogP contribution in [0.4, 0.5) is 0 Å². The van der Waals surface area contributed by atoms with E-state index in [2.05, 4.69) is 4.98 Å². The molecule has 0 aliphatic rings. The van der Waals surface area contributed by atoms with Gasteiger partial charge in [0.2, 0.25) is 0 Å². The molecule has 0 aliphatic heterocycles. The fraction of sp³-hybridized carbons (Fsp3) is 0.158. The van der Waals surface area contributed by atoms with Gasteiger partial charge in [-0.3, -0.25) is 0 Å². The van der Waals surface area contributed by atoms with Crippen LogP contribution in [0.15, 0.2) is 60.7 Å². The Morgan fingerprint density at radius 2 is 1.77 bits per heavy atom. The number of fused-ring (bicyclic) bond motifs is 1. The number of aromatic nitrogens is 1. The van der Waals surface area contributed by atoms with Crippen molar-refractivity contribution in [2.24, 2.45) is 0 Å². The number of esters is 1. The lowest BCUT2D eigenvalue weighted by molar-refractivity contribution is 0.0507. The summed E-state index contributed by atoms with van der Waals surface area (Å²) >= 11 is 0. The Balaban J connectivity index is 2.14. The highest BCUT2D eigenvalue weighted by atomic mass is 16.5. The van der Waals surface area contributed by atoms with Crippen LogP contribution in [0.25, 0.3) is 22.2 Å². The van der Waals surface area contributed by atoms with Gasteiger partial charge >= 0.3 is 5.97 Å². The van der Waals surface area contributed by atoms with Gasteiger partial charge in [0, 0.05) is 10.9 Å². The van der Waals surface area contributed by atoms with E-state index in [1.165, 1.54) is 0 Å². The van der Waals surface area contributed by atoms with Crippen LogP contribution in [-0.4, -0.2) is 17.6 Å². The van der Waals surface area contributed by atoms with Crippen molar-refractivity contribution in [3.8, 4) is 11.3 Å². The van der Waals surface area contributed by atoms with Crippen molar-refractivity contribution in [2.75, 3.05) is 6.61 Å². The number of ether oxygens (including phenoxy) is 1. The summed E-state index contributed by atoms with van der Waals surface area (Å²) in [5.74, 6) is -0.294. The number of benzene rings is 2. The maximum atomic E-state index is 12.4. The Morgan fingerprint density at radius 3 is 2.55 bits per heavy atom. The average molecular weight is 291 g/mol. The van der Waals surface area contributed by atoms with Crippen LogP contribution in [0.2, 0.25) is 0 Å². The van der Waals surface area contributed by atoms with Crippen molar-refractivity contribution in [3.05, 3.63) is 66.2 Å². The minimum absolute atomic E-state index is 0.294. The molecule has 3 nitrogen and oxygen atoms in total. The second-order valence-corrected chi connectivity index (χ2v) is 5.07. The van der Waals surface area contributed by atoms with Gasteiger partial charge < -0.3 is 4.74 Å². The maximum absolute atomic E-state index is 12.4. The van der Waals surface area contributed by atoms with E-state index in [1.54, 1.807) is 0 Å². The summed E-state index contributed by atoms with van der Waals surface area (Å²) in [5.41, 5.74) is 3.13. The Kier molecular flexibility index (Phi) is 4.15. The standard InChI is InChI=1S/C19H17NO2/c1-2-12-22-19(21)16-13-18(14-8-4-3-5-9-14)20-17-11-7-6-10-15(16)17/h3-11,13H,2,12H2,1H3. The van der Waals surface area contributed by atoms with Gasteiger partial charge in [-0.25, -0.2) is 9.78 Å². The molecular formula is C19H17NO2. The SMILES string of the molecule is CCCOC(=O)c1cc(-c2ccccc2)nc2ccccc12. The van der Waals surface area contributed by atoms with E-state index in [1.807, 2.05) is 67.6 Å². The van der Waals surface area contributed by atoms with Crippen LogP contribution in [0.1, 0.15) is 23.7 Å². The first-order valence-corrected chi connectivity index (χ1v) is 7.42. The summed E-state index contributed by atoms with van der Waals surface area (Å²) in [5, 5.41) is 0.822. The summed E-state index contributed by atoms with van der Waals surface area (Å²) in [6.07, 6.45) is 0.806. The first-order valence-electron chi connectivity index (χ1n) is 7.42. The molecule has 3 aromatic rings. The molecule has 0 atom stereocenters. The number of carbonyl (C=O) groups excluding carboxylic acids is 1. The molecule has 22 heavy (non-hydrogen) atoms. The fourth-order valence-corrected chi connectivity index (χ4v) is 2.37. The Labute approximate surface area is 129 Å². The lowest BCUT2D eigenvalue weighted by Gasteiger charge is -2.09. The lowest BCUT2D eigenvalue weighted by Crippen LogP contribution is -2.07. The maximum Gasteiger partial charge on any atom is 0.338 e. The molecule has 0 saturated carbocycles. The van der Waals surface area contributed by atoms with Crippen molar-refractivity contribution < 1.29 is 9.53 Å². The number of hydrogen-bond acceptors (Lipinski definition) is 3. The Morgan fingerprint density at radius 1 is 1.05 bits per heavy atom. The molecule has 0 radical (unpaired) electrons. The lowest BCUT2D eigenvalue weighted by atomic mass is 10.0. The number of pyridine rings is 1. The number of carbonyl (C=O) groups is 1. The van der Waals surface area contributed by atoms with Gasteiger partial charge in [0.1, 0.15) is 0 Å². The molecule has 0 saturated heterocycles. The third-order valence-electron chi connectivity index (χ3n) is 3.44. The molecular weight excluding hydrogens is 274 g/mol. The van der Waals surface area contributed by atoms with Gasteiger partial charge in [0.05, 0.1) is 23.4 Å². The molecule has 1 aromatic heterocycles. The normalized spacial score (nSPS) is 10.6. The van der Waals surface area contributed by atoms with Gasteiger partial charge in [-0.2, -0.15) is 0 Å². The van der Waals surface area contributed by atoms with Gasteiger partial charge in [0.25, 0.3) is 0 Å². The minimum atomic E-state index is -0.294. The Hall–Kier alpha value is -2.68. The molecule has 3 rings (SSSR count). The van der Waals surface area contributed by atoms with E-state index in [9.17, 15) is 4.79 Å². The average Bonchev–Trinajstić information content (AvgIpc) is 2.59. The highest BCUT2D eigenvalue weighted by Gasteiger charge is 2.14. The summed E-state index contributed by atoms with van der Waals surface area (Å²) in [6, 6.07) is 19.3. The number of rotatable bonds is 4. The van der Waals surface area contributed by atoms with Crippen LogP contribution in [0.3, 0.4) is 0 Å². The number of nitrogens with zero attached hydrogens (tertiary/aromatic N) is 1. The highest BCUT2D eigenvalue weighted by molar-refractivity contribution is 6.04.